The predicted molar refractivity (Wildman–Crippen MR) is 89.4 cm³/mol. The normalized spacial score (nSPS) is 16.3. The molecule has 124 valence electrons. The average molecular weight is 354 g/mol. The first-order chi connectivity index (χ1) is 12.3. The fourth-order valence-electron chi connectivity index (χ4n) is 2.69. The lowest BCUT2D eigenvalue weighted by Crippen LogP contribution is -2.23. The first-order valence-electron chi connectivity index (χ1n) is 7.64. The van der Waals surface area contributed by atoms with Crippen molar-refractivity contribution in [3.63, 3.8) is 0 Å². The highest BCUT2D eigenvalue weighted by molar-refractivity contribution is 7.19. The van der Waals surface area contributed by atoms with Gasteiger partial charge < -0.3 is 9.47 Å². The van der Waals surface area contributed by atoms with Gasteiger partial charge in [-0.05, 0) is 36.4 Å². The Bertz CT molecular complexity index is 1060. The van der Waals surface area contributed by atoms with Gasteiger partial charge in [-0.25, -0.2) is 4.39 Å². The van der Waals surface area contributed by atoms with Crippen LogP contribution in [0.25, 0.3) is 15.5 Å². The third-order valence-electron chi connectivity index (χ3n) is 3.90. The van der Waals surface area contributed by atoms with Crippen LogP contribution in [0.1, 0.15) is 11.9 Å². The molecule has 6 nitrogen and oxygen atoms in total. The maximum absolute atomic E-state index is 13.1. The summed E-state index contributed by atoms with van der Waals surface area (Å²) in [6.07, 6.45) is -0.395. The number of aromatic nitrogens is 4. The fraction of sp³-hybridized carbons (Fsp3) is 0.118. The van der Waals surface area contributed by atoms with Crippen molar-refractivity contribution < 1.29 is 13.9 Å². The van der Waals surface area contributed by atoms with E-state index in [0.29, 0.717) is 28.9 Å². The Labute approximate surface area is 145 Å². The third-order valence-corrected chi connectivity index (χ3v) is 4.85. The SMILES string of the molecule is Fc1ccc(-c2nn3c([C@H]4COc5ccccc5O4)nnc3s2)cc1. The molecule has 0 saturated heterocycles. The van der Waals surface area contributed by atoms with Crippen molar-refractivity contribution in [3.05, 3.63) is 60.2 Å². The maximum Gasteiger partial charge on any atom is 0.235 e. The Morgan fingerprint density at radius 2 is 1.84 bits per heavy atom. The van der Waals surface area contributed by atoms with Gasteiger partial charge in [-0.1, -0.05) is 23.5 Å². The van der Waals surface area contributed by atoms with Crippen LogP contribution < -0.4 is 9.47 Å². The molecule has 2 aromatic heterocycles. The van der Waals surface area contributed by atoms with Crippen LogP contribution in [0.3, 0.4) is 0 Å². The quantitative estimate of drug-likeness (QED) is 0.551. The van der Waals surface area contributed by atoms with Crippen molar-refractivity contribution in [2.75, 3.05) is 6.61 Å². The zero-order valence-corrected chi connectivity index (χ0v) is 13.6. The van der Waals surface area contributed by atoms with Crippen LogP contribution in [0.5, 0.6) is 11.5 Å². The fourth-order valence-corrected chi connectivity index (χ4v) is 3.54. The molecule has 1 atom stereocenters. The number of ether oxygens (including phenoxy) is 2. The van der Waals surface area contributed by atoms with Crippen molar-refractivity contribution in [1.29, 1.82) is 0 Å². The summed E-state index contributed by atoms with van der Waals surface area (Å²) >= 11 is 1.39. The monoisotopic (exact) mass is 354 g/mol. The predicted octanol–water partition coefficient (Wildman–Crippen LogP) is 3.50. The summed E-state index contributed by atoms with van der Waals surface area (Å²) in [7, 11) is 0. The van der Waals surface area contributed by atoms with Crippen LogP contribution in [0, 0.1) is 5.82 Å². The first-order valence-corrected chi connectivity index (χ1v) is 8.46. The standard InChI is InChI=1S/C17H11FN4O2S/c18-11-7-5-10(6-8-11)16-21-22-15(19-20-17(22)25-16)14-9-23-12-3-1-2-4-13(12)24-14/h1-8,14H,9H2/t14-/m1/s1. The van der Waals surface area contributed by atoms with Crippen LogP contribution in [0.15, 0.2) is 48.5 Å². The van der Waals surface area contributed by atoms with Gasteiger partial charge in [0.05, 0.1) is 0 Å². The molecule has 0 saturated carbocycles. The number of hydrogen-bond acceptors (Lipinski definition) is 6. The molecular weight excluding hydrogens is 343 g/mol. The van der Waals surface area contributed by atoms with E-state index in [4.69, 9.17) is 9.47 Å². The summed E-state index contributed by atoms with van der Waals surface area (Å²) < 4.78 is 26.5. The molecule has 2 aromatic carbocycles. The summed E-state index contributed by atoms with van der Waals surface area (Å²) in [6, 6.07) is 13.7. The lowest BCUT2D eigenvalue weighted by Gasteiger charge is -2.24. The Morgan fingerprint density at radius 3 is 2.68 bits per heavy atom. The molecule has 0 bridgehead atoms. The molecule has 5 rings (SSSR count). The summed E-state index contributed by atoms with van der Waals surface area (Å²) in [5.74, 6) is 1.68. The second-order valence-corrected chi connectivity index (χ2v) is 6.49. The zero-order chi connectivity index (χ0) is 16.8. The number of fused-ring (bicyclic) bond motifs is 2. The van der Waals surface area contributed by atoms with E-state index >= 15 is 0 Å². The summed E-state index contributed by atoms with van der Waals surface area (Å²) in [5.41, 5.74) is 0.828. The van der Waals surface area contributed by atoms with Gasteiger partial charge in [-0.3, -0.25) is 0 Å². The highest BCUT2D eigenvalue weighted by Crippen LogP contribution is 2.36. The Hall–Kier alpha value is -3.00. The van der Waals surface area contributed by atoms with Crippen molar-refractivity contribution >= 4 is 16.3 Å². The van der Waals surface area contributed by atoms with E-state index in [1.165, 1.54) is 23.5 Å². The van der Waals surface area contributed by atoms with E-state index < -0.39 is 6.10 Å². The van der Waals surface area contributed by atoms with E-state index in [2.05, 4.69) is 15.3 Å². The second kappa shape index (κ2) is 5.52. The van der Waals surface area contributed by atoms with Crippen molar-refractivity contribution in [2.45, 2.75) is 6.10 Å². The minimum atomic E-state index is -0.395. The molecule has 25 heavy (non-hydrogen) atoms. The Morgan fingerprint density at radius 1 is 1.04 bits per heavy atom. The Kier molecular flexibility index (Phi) is 3.17. The average Bonchev–Trinajstić information content (AvgIpc) is 3.22. The number of halogens is 1. The number of rotatable bonds is 2. The van der Waals surface area contributed by atoms with E-state index in [1.54, 1.807) is 16.6 Å². The summed E-state index contributed by atoms with van der Waals surface area (Å²) in [4.78, 5) is 0.650. The van der Waals surface area contributed by atoms with Gasteiger partial charge in [0, 0.05) is 5.56 Å². The summed E-state index contributed by atoms with van der Waals surface area (Å²) in [6.45, 7) is 0.335. The molecular formula is C17H11FN4O2S. The third kappa shape index (κ3) is 2.42. The molecule has 8 heteroatoms. The zero-order valence-electron chi connectivity index (χ0n) is 12.8. The Balaban J connectivity index is 1.51. The summed E-state index contributed by atoms with van der Waals surface area (Å²) in [5, 5.41) is 13.7. The van der Waals surface area contributed by atoms with Crippen LogP contribution >= 0.6 is 11.3 Å². The van der Waals surface area contributed by atoms with Crippen molar-refractivity contribution in [2.24, 2.45) is 0 Å². The molecule has 0 radical (unpaired) electrons. The highest BCUT2D eigenvalue weighted by atomic mass is 32.1. The largest absolute Gasteiger partial charge is 0.485 e. The van der Waals surface area contributed by atoms with E-state index in [0.717, 1.165) is 10.6 Å². The van der Waals surface area contributed by atoms with E-state index in [1.807, 2.05) is 24.3 Å². The van der Waals surface area contributed by atoms with Gasteiger partial charge in [0.25, 0.3) is 0 Å². The number of para-hydroxylation sites is 2. The number of nitrogens with zero attached hydrogens (tertiary/aromatic N) is 4. The van der Waals surface area contributed by atoms with Gasteiger partial charge in [0.1, 0.15) is 17.4 Å². The van der Waals surface area contributed by atoms with E-state index in [9.17, 15) is 4.39 Å². The first kappa shape index (κ1) is 14.4. The van der Waals surface area contributed by atoms with Crippen LogP contribution in [-0.2, 0) is 0 Å². The van der Waals surface area contributed by atoms with Gasteiger partial charge >= 0.3 is 0 Å². The molecule has 4 aromatic rings. The van der Waals surface area contributed by atoms with Crippen LogP contribution in [-0.4, -0.2) is 26.4 Å². The minimum absolute atomic E-state index is 0.279. The second-order valence-electron chi connectivity index (χ2n) is 5.53. The molecule has 0 unspecified atom stereocenters. The number of hydrogen-bond donors (Lipinski definition) is 0. The smallest absolute Gasteiger partial charge is 0.235 e. The lowest BCUT2D eigenvalue weighted by atomic mass is 10.2. The molecule has 0 aliphatic carbocycles. The molecule has 1 aliphatic heterocycles. The molecule has 3 heterocycles. The van der Waals surface area contributed by atoms with Gasteiger partial charge in [-0.15, -0.1) is 10.2 Å². The molecule has 0 fully saturated rings. The topological polar surface area (TPSA) is 61.5 Å². The number of benzene rings is 2. The molecule has 1 aliphatic rings. The van der Waals surface area contributed by atoms with Crippen molar-refractivity contribution in [1.82, 2.24) is 19.8 Å². The molecule has 0 amide bonds. The van der Waals surface area contributed by atoms with Gasteiger partial charge in [0.15, 0.2) is 23.4 Å². The maximum atomic E-state index is 13.1. The minimum Gasteiger partial charge on any atom is -0.485 e. The highest BCUT2D eigenvalue weighted by Gasteiger charge is 2.28. The lowest BCUT2D eigenvalue weighted by molar-refractivity contribution is 0.0836. The molecule has 0 N–H and O–H groups in total. The van der Waals surface area contributed by atoms with Crippen LogP contribution in [0.4, 0.5) is 4.39 Å². The van der Waals surface area contributed by atoms with Gasteiger partial charge in [0.2, 0.25) is 4.96 Å². The molecule has 0 spiro atoms. The van der Waals surface area contributed by atoms with Gasteiger partial charge in [-0.2, -0.15) is 9.61 Å². The van der Waals surface area contributed by atoms with Crippen LogP contribution in [0.2, 0.25) is 0 Å². The van der Waals surface area contributed by atoms with Crippen molar-refractivity contribution in [3.8, 4) is 22.1 Å². The van der Waals surface area contributed by atoms with E-state index in [-0.39, 0.29) is 5.82 Å².